The molecule has 0 saturated carbocycles. The molecule has 0 radical (unpaired) electrons. The second kappa shape index (κ2) is 5.41. The molecule has 0 aliphatic rings. The molecule has 0 fully saturated rings. The molecular formula is C16H16O2. The Kier molecular flexibility index (Phi) is 3.68. The monoisotopic (exact) mass is 240 g/mol. The summed E-state index contributed by atoms with van der Waals surface area (Å²) in [6.45, 7) is 1.96. The van der Waals surface area contributed by atoms with Crippen molar-refractivity contribution in [1.82, 2.24) is 0 Å². The predicted molar refractivity (Wildman–Crippen MR) is 74.8 cm³/mol. The van der Waals surface area contributed by atoms with Gasteiger partial charge in [0.05, 0.1) is 7.11 Å². The smallest absolute Gasteiger partial charge is 0.118 e. The standard InChI is InChI=1S/C16H16O2/c1-12-9-14(11-15(17)10-12)4-3-13-5-7-16(18-2)8-6-13/h3-11,17H,1-2H3/b4-3+. The van der Waals surface area contributed by atoms with E-state index in [0.717, 1.165) is 22.4 Å². The number of phenols is 1. The van der Waals surface area contributed by atoms with Gasteiger partial charge in [-0.15, -0.1) is 0 Å². The summed E-state index contributed by atoms with van der Waals surface area (Å²) in [7, 11) is 1.65. The fraction of sp³-hybridized carbons (Fsp3) is 0.125. The summed E-state index contributed by atoms with van der Waals surface area (Å²) in [5.41, 5.74) is 3.13. The van der Waals surface area contributed by atoms with Gasteiger partial charge in [-0.3, -0.25) is 0 Å². The molecule has 2 heteroatoms. The van der Waals surface area contributed by atoms with E-state index in [0.29, 0.717) is 5.75 Å². The minimum Gasteiger partial charge on any atom is -0.508 e. The molecule has 0 unspecified atom stereocenters. The largest absolute Gasteiger partial charge is 0.508 e. The number of rotatable bonds is 3. The SMILES string of the molecule is COc1ccc(/C=C/c2cc(C)cc(O)c2)cc1. The highest BCUT2D eigenvalue weighted by atomic mass is 16.5. The van der Waals surface area contributed by atoms with Gasteiger partial charge in [0.15, 0.2) is 0 Å². The number of aromatic hydroxyl groups is 1. The summed E-state index contributed by atoms with van der Waals surface area (Å²) in [5, 5.41) is 9.51. The fourth-order valence-corrected chi connectivity index (χ4v) is 1.80. The highest BCUT2D eigenvalue weighted by molar-refractivity contribution is 5.70. The minimum atomic E-state index is 0.296. The molecule has 2 aromatic carbocycles. The van der Waals surface area contributed by atoms with E-state index in [1.54, 1.807) is 19.2 Å². The fourth-order valence-electron chi connectivity index (χ4n) is 1.80. The molecule has 18 heavy (non-hydrogen) atoms. The lowest BCUT2D eigenvalue weighted by Gasteiger charge is -2.00. The van der Waals surface area contributed by atoms with Gasteiger partial charge in [0.2, 0.25) is 0 Å². The zero-order valence-corrected chi connectivity index (χ0v) is 10.6. The van der Waals surface area contributed by atoms with Crippen molar-refractivity contribution in [2.45, 2.75) is 6.92 Å². The quantitative estimate of drug-likeness (QED) is 0.825. The maximum Gasteiger partial charge on any atom is 0.118 e. The highest BCUT2D eigenvalue weighted by Gasteiger charge is 1.94. The first-order valence-electron chi connectivity index (χ1n) is 5.80. The molecule has 0 saturated heterocycles. The zero-order chi connectivity index (χ0) is 13.0. The van der Waals surface area contributed by atoms with Crippen LogP contribution in [-0.2, 0) is 0 Å². The van der Waals surface area contributed by atoms with Crippen molar-refractivity contribution < 1.29 is 9.84 Å². The third-order valence-corrected chi connectivity index (χ3v) is 2.67. The van der Waals surface area contributed by atoms with E-state index >= 15 is 0 Å². The Labute approximate surface area is 107 Å². The van der Waals surface area contributed by atoms with Gasteiger partial charge >= 0.3 is 0 Å². The van der Waals surface area contributed by atoms with Crippen LogP contribution in [0.3, 0.4) is 0 Å². The van der Waals surface area contributed by atoms with Crippen LogP contribution in [-0.4, -0.2) is 12.2 Å². The Bertz CT molecular complexity index is 534. The molecule has 0 bridgehead atoms. The van der Waals surface area contributed by atoms with Crippen LogP contribution in [0.5, 0.6) is 11.5 Å². The van der Waals surface area contributed by atoms with E-state index in [2.05, 4.69) is 0 Å². The molecule has 0 aromatic heterocycles. The minimum absolute atomic E-state index is 0.296. The maximum atomic E-state index is 9.51. The van der Waals surface area contributed by atoms with Crippen LogP contribution in [0.25, 0.3) is 12.2 Å². The first kappa shape index (κ1) is 12.2. The topological polar surface area (TPSA) is 29.5 Å². The van der Waals surface area contributed by atoms with E-state index in [1.807, 2.05) is 49.4 Å². The number of benzene rings is 2. The van der Waals surface area contributed by atoms with Gasteiger partial charge in [0, 0.05) is 0 Å². The number of aryl methyl sites for hydroxylation is 1. The van der Waals surface area contributed by atoms with E-state index in [9.17, 15) is 5.11 Å². The first-order chi connectivity index (χ1) is 8.67. The Morgan fingerprint density at radius 1 is 0.944 bits per heavy atom. The number of ether oxygens (including phenoxy) is 1. The summed E-state index contributed by atoms with van der Waals surface area (Å²) in [6.07, 6.45) is 3.99. The molecule has 0 aliphatic heterocycles. The highest BCUT2D eigenvalue weighted by Crippen LogP contribution is 2.18. The lowest BCUT2D eigenvalue weighted by Crippen LogP contribution is -1.81. The normalized spacial score (nSPS) is 10.8. The van der Waals surface area contributed by atoms with Crippen molar-refractivity contribution in [1.29, 1.82) is 0 Å². The molecule has 0 heterocycles. The molecule has 2 nitrogen and oxygen atoms in total. The van der Waals surface area contributed by atoms with Gasteiger partial charge in [0.25, 0.3) is 0 Å². The third-order valence-electron chi connectivity index (χ3n) is 2.67. The summed E-state index contributed by atoms with van der Waals surface area (Å²) < 4.78 is 5.11. The van der Waals surface area contributed by atoms with Crippen LogP contribution in [0.1, 0.15) is 16.7 Å². The summed E-state index contributed by atoms with van der Waals surface area (Å²) in [6, 6.07) is 13.3. The molecule has 0 atom stereocenters. The van der Waals surface area contributed by atoms with Crippen molar-refractivity contribution in [3.05, 3.63) is 59.2 Å². The first-order valence-corrected chi connectivity index (χ1v) is 5.80. The molecule has 0 aliphatic carbocycles. The molecule has 92 valence electrons. The summed E-state index contributed by atoms with van der Waals surface area (Å²) in [4.78, 5) is 0. The molecular weight excluding hydrogens is 224 g/mol. The van der Waals surface area contributed by atoms with Gasteiger partial charge in [-0.25, -0.2) is 0 Å². The van der Waals surface area contributed by atoms with Gasteiger partial charge < -0.3 is 9.84 Å². The van der Waals surface area contributed by atoms with Gasteiger partial charge in [-0.05, 0) is 47.9 Å². The number of hydrogen-bond acceptors (Lipinski definition) is 2. The van der Waals surface area contributed by atoms with Crippen molar-refractivity contribution in [3.63, 3.8) is 0 Å². The molecule has 0 spiro atoms. The Morgan fingerprint density at radius 2 is 1.61 bits per heavy atom. The third kappa shape index (κ3) is 3.14. The molecule has 2 aromatic rings. The van der Waals surface area contributed by atoms with Crippen LogP contribution in [0.2, 0.25) is 0 Å². The lowest BCUT2D eigenvalue weighted by atomic mass is 10.1. The van der Waals surface area contributed by atoms with Crippen LogP contribution in [0.4, 0.5) is 0 Å². The molecule has 0 amide bonds. The van der Waals surface area contributed by atoms with Crippen molar-refractivity contribution in [3.8, 4) is 11.5 Å². The predicted octanol–water partition coefficient (Wildman–Crippen LogP) is 3.88. The maximum absolute atomic E-state index is 9.51. The number of methoxy groups -OCH3 is 1. The number of phenolic OH excluding ortho intramolecular Hbond substituents is 1. The van der Waals surface area contributed by atoms with Crippen LogP contribution < -0.4 is 4.74 Å². The molecule has 2 rings (SSSR count). The van der Waals surface area contributed by atoms with Crippen molar-refractivity contribution in [2.75, 3.05) is 7.11 Å². The molecule has 1 N–H and O–H groups in total. The Balaban J connectivity index is 2.18. The van der Waals surface area contributed by atoms with E-state index in [4.69, 9.17) is 4.74 Å². The van der Waals surface area contributed by atoms with Gasteiger partial charge in [-0.2, -0.15) is 0 Å². The summed E-state index contributed by atoms with van der Waals surface area (Å²) >= 11 is 0. The van der Waals surface area contributed by atoms with Crippen LogP contribution in [0, 0.1) is 6.92 Å². The van der Waals surface area contributed by atoms with E-state index in [-0.39, 0.29) is 0 Å². The van der Waals surface area contributed by atoms with Crippen LogP contribution in [0.15, 0.2) is 42.5 Å². The average Bonchev–Trinajstić information content (AvgIpc) is 2.36. The second-order valence-electron chi connectivity index (χ2n) is 4.21. The summed E-state index contributed by atoms with van der Waals surface area (Å²) in [5.74, 6) is 1.14. The van der Waals surface area contributed by atoms with Gasteiger partial charge in [0.1, 0.15) is 11.5 Å². The number of hydrogen-bond donors (Lipinski definition) is 1. The second-order valence-corrected chi connectivity index (χ2v) is 4.21. The van der Waals surface area contributed by atoms with Gasteiger partial charge in [-0.1, -0.05) is 30.4 Å². The average molecular weight is 240 g/mol. The Morgan fingerprint density at radius 3 is 2.22 bits per heavy atom. The lowest BCUT2D eigenvalue weighted by molar-refractivity contribution is 0.415. The van der Waals surface area contributed by atoms with E-state index in [1.165, 1.54) is 0 Å². The van der Waals surface area contributed by atoms with E-state index < -0.39 is 0 Å². The van der Waals surface area contributed by atoms with Crippen molar-refractivity contribution >= 4 is 12.2 Å². The Hall–Kier alpha value is -2.22. The van der Waals surface area contributed by atoms with Crippen LogP contribution >= 0.6 is 0 Å². The zero-order valence-electron chi connectivity index (χ0n) is 10.6. The van der Waals surface area contributed by atoms with Crippen molar-refractivity contribution in [2.24, 2.45) is 0 Å².